The molecule has 1 aromatic carbocycles. The van der Waals surface area contributed by atoms with E-state index in [1.54, 1.807) is 15.8 Å². The molecular weight excluding hydrogens is 302 g/mol. The number of amides is 1. The minimum Gasteiger partial charge on any atom is -0.337 e. The largest absolute Gasteiger partial charge is 0.337 e. The number of fused-ring (bicyclic) bond motifs is 1. The van der Waals surface area contributed by atoms with Crippen molar-refractivity contribution < 1.29 is 13.2 Å². The Balaban J connectivity index is 1.78. The second-order valence-corrected chi connectivity index (χ2v) is 7.83. The minimum atomic E-state index is -3.00. The van der Waals surface area contributed by atoms with Gasteiger partial charge in [0.1, 0.15) is 6.54 Å². The number of benzene rings is 1. The van der Waals surface area contributed by atoms with Crippen molar-refractivity contribution >= 4 is 26.6 Å². The molecule has 0 radical (unpaired) electrons. The highest BCUT2D eigenvalue weighted by molar-refractivity contribution is 7.91. The Bertz CT molecular complexity index is 797. The van der Waals surface area contributed by atoms with Crippen molar-refractivity contribution in [3.8, 4) is 0 Å². The van der Waals surface area contributed by atoms with Gasteiger partial charge in [0.05, 0.1) is 23.2 Å². The number of rotatable bonds is 4. The van der Waals surface area contributed by atoms with E-state index in [1.807, 2.05) is 31.2 Å². The van der Waals surface area contributed by atoms with Gasteiger partial charge < -0.3 is 4.90 Å². The predicted molar refractivity (Wildman–Crippen MR) is 84.2 cm³/mol. The molecule has 7 heteroatoms. The van der Waals surface area contributed by atoms with Crippen molar-refractivity contribution in [2.24, 2.45) is 0 Å². The predicted octanol–water partition coefficient (Wildman–Crippen LogP) is 1.07. The summed E-state index contributed by atoms with van der Waals surface area (Å²) < 4.78 is 24.9. The molecule has 0 unspecified atom stereocenters. The molecule has 2 heterocycles. The number of aromatic nitrogens is 2. The van der Waals surface area contributed by atoms with Crippen LogP contribution in [-0.2, 0) is 21.2 Å². The lowest BCUT2D eigenvalue weighted by Gasteiger charge is -2.26. The number of nitrogens with zero attached hydrogens (tertiary/aromatic N) is 3. The van der Waals surface area contributed by atoms with Gasteiger partial charge >= 0.3 is 0 Å². The van der Waals surface area contributed by atoms with Crippen LogP contribution in [0.15, 0.2) is 30.5 Å². The van der Waals surface area contributed by atoms with E-state index in [0.717, 1.165) is 10.9 Å². The van der Waals surface area contributed by atoms with E-state index in [9.17, 15) is 13.2 Å². The number of carbonyl (C=O) groups excluding carboxylic acids is 1. The van der Waals surface area contributed by atoms with Crippen LogP contribution >= 0.6 is 0 Å². The molecule has 6 nitrogen and oxygen atoms in total. The lowest BCUT2D eigenvalue weighted by atomic mass is 10.2. The van der Waals surface area contributed by atoms with Gasteiger partial charge in [-0.05, 0) is 19.4 Å². The van der Waals surface area contributed by atoms with E-state index in [-0.39, 0.29) is 30.0 Å². The monoisotopic (exact) mass is 321 g/mol. The minimum absolute atomic E-state index is 0.0758. The molecule has 0 aliphatic carbocycles. The van der Waals surface area contributed by atoms with Crippen molar-refractivity contribution in [1.29, 1.82) is 0 Å². The summed E-state index contributed by atoms with van der Waals surface area (Å²) in [5.74, 6) is 0.164. The Morgan fingerprint density at radius 2 is 2.18 bits per heavy atom. The summed E-state index contributed by atoms with van der Waals surface area (Å²) in [6.45, 7) is 2.53. The van der Waals surface area contributed by atoms with Gasteiger partial charge in [-0.25, -0.2) is 8.42 Å². The zero-order chi connectivity index (χ0) is 15.7. The lowest BCUT2D eigenvalue weighted by Crippen LogP contribution is -2.42. The second-order valence-electron chi connectivity index (χ2n) is 5.60. The highest BCUT2D eigenvalue weighted by atomic mass is 32.2. The third-order valence-corrected chi connectivity index (χ3v) is 5.90. The second kappa shape index (κ2) is 5.72. The first kappa shape index (κ1) is 15.0. The molecule has 1 amide bonds. The summed E-state index contributed by atoms with van der Waals surface area (Å²) in [6, 6.07) is 7.50. The molecule has 2 aromatic rings. The summed E-state index contributed by atoms with van der Waals surface area (Å²) in [7, 11) is -3.00. The molecular formula is C15H19N3O3S. The fourth-order valence-corrected chi connectivity index (χ4v) is 4.76. The van der Waals surface area contributed by atoms with Crippen LogP contribution in [0, 0.1) is 0 Å². The molecule has 1 fully saturated rings. The molecule has 1 saturated heterocycles. The fraction of sp³-hybridized carbons (Fsp3) is 0.467. The van der Waals surface area contributed by atoms with E-state index < -0.39 is 9.84 Å². The molecule has 0 saturated carbocycles. The highest BCUT2D eigenvalue weighted by Gasteiger charge is 2.33. The first-order valence-corrected chi connectivity index (χ1v) is 9.23. The Labute approximate surface area is 129 Å². The summed E-state index contributed by atoms with van der Waals surface area (Å²) in [6.07, 6.45) is 2.26. The average molecular weight is 321 g/mol. The van der Waals surface area contributed by atoms with Crippen molar-refractivity contribution in [2.75, 3.05) is 18.1 Å². The van der Waals surface area contributed by atoms with E-state index in [4.69, 9.17) is 0 Å². The SMILES string of the molecule is CCN(C(=O)Cn1ncc2ccccc21)[C@H]1CCS(=O)(=O)C1. The molecule has 1 aromatic heterocycles. The molecule has 1 aliphatic heterocycles. The highest BCUT2D eigenvalue weighted by Crippen LogP contribution is 2.19. The van der Waals surface area contributed by atoms with Gasteiger partial charge in [0.25, 0.3) is 0 Å². The Hall–Kier alpha value is -1.89. The number of sulfone groups is 1. The molecule has 1 atom stereocenters. The van der Waals surface area contributed by atoms with Crippen LogP contribution < -0.4 is 0 Å². The molecule has 118 valence electrons. The Kier molecular flexibility index (Phi) is 3.90. The van der Waals surface area contributed by atoms with Crippen LogP contribution in [0.3, 0.4) is 0 Å². The van der Waals surface area contributed by atoms with Crippen molar-refractivity contribution in [1.82, 2.24) is 14.7 Å². The Morgan fingerprint density at radius 1 is 1.41 bits per heavy atom. The molecule has 22 heavy (non-hydrogen) atoms. The number of para-hydroxylation sites is 1. The van der Waals surface area contributed by atoms with Crippen molar-refractivity contribution in [2.45, 2.75) is 25.9 Å². The van der Waals surface area contributed by atoms with E-state index >= 15 is 0 Å². The topological polar surface area (TPSA) is 72.3 Å². The zero-order valence-electron chi connectivity index (χ0n) is 12.5. The van der Waals surface area contributed by atoms with Gasteiger partial charge in [-0.3, -0.25) is 9.48 Å². The molecule has 3 rings (SSSR count). The summed E-state index contributed by atoms with van der Waals surface area (Å²) in [5.41, 5.74) is 0.908. The van der Waals surface area contributed by atoms with Crippen LogP contribution in [0.4, 0.5) is 0 Å². The molecule has 0 bridgehead atoms. The molecule has 0 N–H and O–H groups in total. The molecule has 1 aliphatic rings. The number of carbonyl (C=O) groups is 1. The van der Waals surface area contributed by atoms with Crippen molar-refractivity contribution in [3.63, 3.8) is 0 Å². The van der Waals surface area contributed by atoms with Crippen LogP contribution in [0.1, 0.15) is 13.3 Å². The number of likely N-dealkylation sites (N-methyl/N-ethyl adjacent to an activating group) is 1. The summed E-state index contributed by atoms with van der Waals surface area (Å²) in [5, 5.41) is 5.25. The summed E-state index contributed by atoms with van der Waals surface area (Å²) in [4.78, 5) is 14.2. The third kappa shape index (κ3) is 2.85. The number of hydrogen-bond donors (Lipinski definition) is 0. The van der Waals surface area contributed by atoms with Gasteiger partial charge in [-0.15, -0.1) is 0 Å². The normalized spacial score (nSPS) is 20.3. The van der Waals surface area contributed by atoms with Crippen LogP contribution in [0.25, 0.3) is 10.9 Å². The van der Waals surface area contributed by atoms with Crippen LogP contribution in [0.5, 0.6) is 0 Å². The first-order chi connectivity index (χ1) is 10.5. The zero-order valence-corrected chi connectivity index (χ0v) is 13.3. The maximum Gasteiger partial charge on any atom is 0.244 e. The third-order valence-electron chi connectivity index (χ3n) is 4.15. The standard InChI is InChI=1S/C15H19N3O3S/c1-2-17(13-7-8-22(20,21)11-13)15(19)10-18-14-6-4-3-5-12(14)9-16-18/h3-6,9,13H,2,7-8,10-11H2,1H3/t13-/m0/s1. The first-order valence-electron chi connectivity index (χ1n) is 7.40. The van der Waals surface area contributed by atoms with Gasteiger partial charge in [0, 0.05) is 18.0 Å². The maximum absolute atomic E-state index is 12.6. The average Bonchev–Trinajstić information content (AvgIpc) is 3.04. The smallest absolute Gasteiger partial charge is 0.244 e. The number of hydrogen-bond acceptors (Lipinski definition) is 4. The summed E-state index contributed by atoms with van der Waals surface area (Å²) >= 11 is 0. The van der Waals surface area contributed by atoms with E-state index in [0.29, 0.717) is 13.0 Å². The van der Waals surface area contributed by atoms with E-state index in [2.05, 4.69) is 5.10 Å². The Morgan fingerprint density at radius 3 is 2.86 bits per heavy atom. The van der Waals surface area contributed by atoms with Gasteiger partial charge in [-0.1, -0.05) is 18.2 Å². The lowest BCUT2D eigenvalue weighted by molar-refractivity contribution is -0.133. The molecule has 0 spiro atoms. The van der Waals surface area contributed by atoms with Gasteiger partial charge in [0.15, 0.2) is 9.84 Å². The maximum atomic E-state index is 12.6. The van der Waals surface area contributed by atoms with Gasteiger partial charge in [0.2, 0.25) is 5.91 Å². The van der Waals surface area contributed by atoms with Crippen LogP contribution in [0.2, 0.25) is 0 Å². The quantitative estimate of drug-likeness (QED) is 0.844. The van der Waals surface area contributed by atoms with E-state index in [1.165, 1.54) is 0 Å². The fourth-order valence-electron chi connectivity index (χ4n) is 3.03. The van der Waals surface area contributed by atoms with Crippen molar-refractivity contribution in [3.05, 3.63) is 30.5 Å². The van der Waals surface area contributed by atoms with Crippen LogP contribution in [-0.4, -0.2) is 53.1 Å². The van der Waals surface area contributed by atoms with Gasteiger partial charge in [-0.2, -0.15) is 5.10 Å².